The van der Waals surface area contributed by atoms with Crippen LogP contribution in [0.1, 0.15) is 46.5 Å². The van der Waals surface area contributed by atoms with E-state index in [0.29, 0.717) is 12.4 Å². The topological polar surface area (TPSA) is 38.5 Å². The zero-order valence-corrected chi connectivity index (χ0v) is 20.9. The van der Waals surface area contributed by atoms with Crippen LogP contribution in [-0.2, 0) is 13.0 Å². The van der Waals surface area contributed by atoms with Gasteiger partial charge in [0.1, 0.15) is 11.3 Å². The molecule has 0 spiro atoms. The van der Waals surface area contributed by atoms with Crippen LogP contribution in [0.15, 0.2) is 65.1 Å². The van der Waals surface area contributed by atoms with Crippen LogP contribution in [0.3, 0.4) is 0 Å². The molecular weight excluding hydrogens is 451 g/mol. The van der Waals surface area contributed by atoms with Gasteiger partial charge >= 0.3 is 0 Å². The molecule has 2 aliphatic rings. The summed E-state index contributed by atoms with van der Waals surface area (Å²) in [6.07, 6.45) is 3.10. The van der Waals surface area contributed by atoms with Gasteiger partial charge in [0.2, 0.25) is 5.89 Å². The van der Waals surface area contributed by atoms with E-state index in [9.17, 15) is 4.39 Å². The van der Waals surface area contributed by atoms with Gasteiger partial charge in [-0.2, -0.15) is 0 Å². The quantitative estimate of drug-likeness (QED) is 0.302. The van der Waals surface area contributed by atoms with Crippen molar-refractivity contribution in [2.24, 2.45) is 5.92 Å². The van der Waals surface area contributed by atoms with E-state index in [2.05, 4.69) is 66.4 Å². The van der Waals surface area contributed by atoms with Crippen molar-refractivity contribution in [3.8, 4) is 5.75 Å². The molecule has 4 nitrogen and oxygen atoms in total. The lowest BCUT2D eigenvalue weighted by Gasteiger charge is -2.36. The van der Waals surface area contributed by atoms with Gasteiger partial charge in [-0.3, -0.25) is 9.29 Å². The lowest BCUT2D eigenvalue weighted by atomic mass is 9.86. The van der Waals surface area contributed by atoms with E-state index in [1.54, 1.807) is 7.11 Å². The molecule has 36 heavy (non-hydrogen) atoms. The summed E-state index contributed by atoms with van der Waals surface area (Å²) in [7, 11) is 1.72. The summed E-state index contributed by atoms with van der Waals surface area (Å²) in [5, 5.41) is 0. The number of benzene rings is 3. The second kappa shape index (κ2) is 9.55. The zero-order chi connectivity index (χ0) is 24.6. The normalized spacial score (nSPS) is 16.6. The second-order valence-corrected chi connectivity index (χ2v) is 10.0. The van der Waals surface area contributed by atoms with Gasteiger partial charge in [-0.1, -0.05) is 36.4 Å². The van der Waals surface area contributed by atoms with Crippen molar-refractivity contribution in [2.75, 3.05) is 26.9 Å². The van der Waals surface area contributed by atoms with E-state index in [4.69, 9.17) is 14.1 Å². The molecule has 0 unspecified atom stereocenters. The van der Waals surface area contributed by atoms with Crippen LogP contribution < -0.4 is 4.74 Å². The molecule has 3 aromatic carbocycles. The highest BCUT2D eigenvalue weighted by Crippen LogP contribution is 2.42. The molecule has 0 N–H and O–H groups in total. The number of allylic oxidation sites excluding steroid dienone is 1. The Bertz CT molecular complexity index is 1450. The maximum absolute atomic E-state index is 12.8. The number of oxazole rings is 1. The number of nitrogens with zero attached hydrogens (tertiary/aromatic N) is 2. The summed E-state index contributed by atoms with van der Waals surface area (Å²) in [4.78, 5) is 7.00. The van der Waals surface area contributed by atoms with Crippen molar-refractivity contribution in [1.82, 2.24) is 9.88 Å². The highest BCUT2D eigenvalue weighted by Gasteiger charge is 2.28. The van der Waals surface area contributed by atoms with Crippen LogP contribution in [-0.4, -0.2) is 36.8 Å². The summed E-state index contributed by atoms with van der Waals surface area (Å²) in [6.45, 7) is 4.11. The monoisotopic (exact) mass is 482 g/mol. The summed E-state index contributed by atoms with van der Waals surface area (Å²) < 4.78 is 24.4. The molecular formula is C31H31FN2O2. The second-order valence-electron chi connectivity index (χ2n) is 10.0. The van der Waals surface area contributed by atoms with E-state index in [1.807, 2.05) is 6.07 Å². The summed E-state index contributed by atoms with van der Waals surface area (Å²) >= 11 is 0. The summed E-state index contributed by atoms with van der Waals surface area (Å²) in [5.74, 6) is 1.74. The Kier molecular flexibility index (Phi) is 6.10. The Morgan fingerprint density at radius 3 is 2.69 bits per heavy atom. The fourth-order valence-electron chi connectivity index (χ4n) is 5.69. The van der Waals surface area contributed by atoms with E-state index >= 15 is 0 Å². The van der Waals surface area contributed by atoms with Crippen molar-refractivity contribution in [3.05, 3.63) is 94.4 Å². The average Bonchev–Trinajstić information content (AvgIpc) is 3.18. The smallest absolute Gasteiger partial charge is 0.209 e. The molecule has 1 aliphatic carbocycles. The molecule has 2 heterocycles. The van der Waals surface area contributed by atoms with Crippen LogP contribution in [0, 0.1) is 12.8 Å². The number of hydrogen-bond acceptors (Lipinski definition) is 4. The van der Waals surface area contributed by atoms with Crippen molar-refractivity contribution in [1.29, 1.82) is 0 Å². The first-order valence-electron chi connectivity index (χ1n) is 12.8. The molecule has 0 radical (unpaired) electrons. The summed E-state index contributed by atoms with van der Waals surface area (Å²) in [5.41, 5.74) is 10.6. The number of likely N-dealkylation sites (tertiary alicyclic amines) is 1. The van der Waals surface area contributed by atoms with E-state index in [-0.39, 0.29) is 12.6 Å². The Morgan fingerprint density at radius 2 is 1.89 bits per heavy atom. The van der Waals surface area contributed by atoms with Crippen LogP contribution in [0.2, 0.25) is 0 Å². The number of aromatic nitrogens is 1. The molecule has 0 atom stereocenters. The molecule has 1 aromatic heterocycles. The third kappa shape index (κ3) is 4.22. The van der Waals surface area contributed by atoms with Crippen LogP contribution in [0.25, 0.3) is 22.2 Å². The Hall–Kier alpha value is -3.44. The third-order valence-corrected chi connectivity index (χ3v) is 7.56. The van der Waals surface area contributed by atoms with E-state index in [0.717, 1.165) is 54.8 Å². The largest absolute Gasteiger partial charge is 0.497 e. The maximum Gasteiger partial charge on any atom is 0.209 e. The van der Waals surface area contributed by atoms with Crippen LogP contribution in [0.5, 0.6) is 5.75 Å². The number of hydrogen-bond donors (Lipinski definition) is 0. The van der Waals surface area contributed by atoms with Gasteiger partial charge in [0, 0.05) is 19.0 Å². The first kappa shape index (κ1) is 23.0. The first-order valence-corrected chi connectivity index (χ1v) is 12.8. The van der Waals surface area contributed by atoms with Crippen LogP contribution in [0.4, 0.5) is 4.39 Å². The highest BCUT2D eigenvalue weighted by molar-refractivity contribution is 6.01. The number of fused-ring (bicyclic) bond motifs is 2. The fourth-order valence-corrected chi connectivity index (χ4v) is 5.69. The van der Waals surface area contributed by atoms with E-state index < -0.39 is 0 Å². The number of ether oxygens (including phenoxy) is 1. The lowest BCUT2D eigenvalue weighted by Crippen LogP contribution is -2.46. The molecule has 184 valence electrons. The van der Waals surface area contributed by atoms with E-state index in [1.165, 1.54) is 33.4 Å². The van der Waals surface area contributed by atoms with Gasteiger partial charge in [-0.25, -0.2) is 4.98 Å². The number of rotatable bonds is 6. The number of halogens is 1. The fraction of sp³-hybridized carbons (Fsp3) is 0.323. The average molecular weight is 483 g/mol. The standard InChI is InChI=1S/C31H31FN2O2/c1-20-6-3-4-8-25(20)27-9-5-7-22-14-24(35-2)11-12-26(22)31(27)23-10-13-29-28(15-23)33-30(36-29)19-34-17-21(16-32)18-34/h3-4,6,8,10-15,21H,5,7,9,16-19H2,1-2H3. The molecule has 4 aromatic rings. The third-order valence-electron chi connectivity index (χ3n) is 7.56. The molecule has 0 amide bonds. The molecule has 0 saturated carbocycles. The zero-order valence-electron chi connectivity index (χ0n) is 20.9. The molecule has 6 rings (SSSR count). The Balaban J connectivity index is 1.46. The lowest BCUT2D eigenvalue weighted by molar-refractivity contribution is 0.0661. The van der Waals surface area contributed by atoms with Gasteiger partial charge in [0.15, 0.2) is 5.58 Å². The van der Waals surface area contributed by atoms with Gasteiger partial charge in [-0.15, -0.1) is 0 Å². The molecule has 0 bridgehead atoms. The molecule has 5 heteroatoms. The SMILES string of the molecule is COc1ccc2c(c1)CCCC(c1ccccc1C)=C2c1ccc2oc(CN3CC(CF)C3)nc2c1. The summed E-state index contributed by atoms with van der Waals surface area (Å²) in [6, 6.07) is 21.5. The molecule has 1 aliphatic heterocycles. The van der Waals surface area contributed by atoms with Crippen molar-refractivity contribution in [2.45, 2.75) is 32.7 Å². The maximum atomic E-state index is 12.8. The first-order chi connectivity index (χ1) is 17.6. The number of aryl methyl sites for hydroxylation is 2. The van der Waals surface area contributed by atoms with Gasteiger partial charge < -0.3 is 9.15 Å². The predicted octanol–water partition coefficient (Wildman–Crippen LogP) is 6.84. The van der Waals surface area contributed by atoms with Gasteiger partial charge in [-0.05, 0) is 89.4 Å². The Labute approximate surface area is 211 Å². The van der Waals surface area contributed by atoms with Crippen LogP contribution >= 0.6 is 0 Å². The molecule has 1 saturated heterocycles. The van der Waals surface area contributed by atoms with Gasteiger partial charge in [0.25, 0.3) is 0 Å². The number of alkyl halides is 1. The highest BCUT2D eigenvalue weighted by atomic mass is 19.1. The van der Waals surface area contributed by atoms with Crippen molar-refractivity contribution < 1.29 is 13.5 Å². The van der Waals surface area contributed by atoms with Crippen molar-refractivity contribution >= 4 is 22.2 Å². The Morgan fingerprint density at radius 1 is 1.03 bits per heavy atom. The van der Waals surface area contributed by atoms with Gasteiger partial charge in [0.05, 0.1) is 20.3 Å². The minimum atomic E-state index is -0.251. The molecule has 1 fully saturated rings. The predicted molar refractivity (Wildman–Crippen MR) is 142 cm³/mol. The van der Waals surface area contributed by atoms with Crippen molar-refractivity contribution in [3.63, 3.8) is 0 Å². The minimum Gasteiger partial charge on any atom is -0.497 e. The number of methoxy groups -OCH3 is 1. The minimum absolute atomic E-state index is 0.154.